The van der Waals surface area contributed by atoms with Crippen molar-refractivity contribution in [2.24, 2.45) is 0 Å². The smallest absolute Gasteiger partial charge is 0.322 e. The van der Waals surface area contributed by atoms with Crippen LogP contribution in [0.25, 0.3) is 0 Å². The normalized spacial score (nSPS) is 20.0. The van der Waals surface area contributed by atoms with Gasteiger partial charge >= 0.3 is 5.97 Å². The Kier molecular flexibility index (Phi) is 4.15. The number of hydrogen-bond acceptors (Lipinski definition) is 5. The fourth-order valence-electron chi connectivity index (χ4n) is 2.65. The molecule has 2 aliphatic rings. The van der Waals surface area contributed by atoms with E-state index in [-0.39, 0.29) is 19.2 Å². The van der Waals surface area contributed by atoms with Crippen LogP contribution in [-0.4, -0.2) is 54.4 Å². The number of hydrogen-bond donors (Lipinski definition) is 2. The van der Waals surface area contributed by atoms with Gasteiger partial charge in [0.05, 0.1) is 0 Å². The number of carbonyl (C=O) groups excluding carboxylic acids is 1. The molecule has 0 radical (unpaired) electrons. The molecule has 7 nitrogen and oxygen atoms in total. The van der Waals surface area contributed by atoms with Crippen molar-refractivity contribution in [1.29, 1.82) is 0 Å². The Morgan fingerprint density at radius 3 is 2.95 bits per heavy atom. The van der Waals surface area contributed by atoms with Gasteiger partial charge in [0.2, 0.25) is 12.7 Å². The molecule has 3 rings (SSSR count). The van der Waals surface area contributed by atoms with Crippen LogP contribution in [0.5, 0.6) is 11.5 Å². The Morgan fingerprint density at radius 1 is 1.32 bits per heavy atom. The number of carboxylic acid groups (broad SMARTS) is 1. The first-order valence-corrected chi connectivity index (χ1v) is 7.26. The number of nitrogens with one attached hydrogen (secondary N) is 1. The Labute approximate surface area is 127 Å². The highest BCUT2D eigenvalue weighted by molar-refractivity contribution is 5.79. The van der Waals surface area contributed by atoms with E-state index in [1.807, 2.05) is 18.2 Å². The predicted octanol–water partition coefficient (Wildman–Crippen LogP) is 0.233. The quantitative estimate of drug-likeness (QED) is 0.828. The number of piperazine rings is 1. The largest absolute Gasteiger partial charge is 0.480 e. The second-order valence-electron chi connectivity index (χ2n) is 5.37. The maximum absolute atomic E-state index is 12.2. The molecule has 0 spiro atoms. The van der Waals surface area contributed by atoms with Gasteiger partial charge in [0.15, 0.2) is 11.5 Å². The molecule has 118 valence electrons. The molecule has 1 atom stereocenters. The van der Waals surface area contributed by atoms with Crippen LogP contribution in [0.3, 0.4) is 0 Å². The van der Waals surface area contributed by atoms with Gasteiger partial charge in [-0.1, -0.05) is 6.07 Å². The fraction of sp³-hybridized carbons (Fsp3) is 0.467. The zero-order chi connectivity index (χ0) is 15.5. The van der Waals surface area contributed by atoms with Crippen LogP contribution in [-0.2, 0) is 16.0 Å². The zero-order valence-electron chi connectivity index (χ0n) is 12.1. The number of fused-ring (bicyclic) bond motifs is 1. The molecule has 1 aromatic rings. The van der Waals surface area contributed by atoms with Crippen LogP contribution in [0.4, 0.5) is 0 Å². The lowest BCUT2D eigenvalue weighted by molar-refractivity contribution is -0.142. The monoisotopic (exact) mass is 306 g/mol. The second-order valence-corrected chi connectivity index (χ2v) is 5.37. The number of carbonyl (C=O) groups is 2. The molecule has 1 fully saturated rings. The fourth-order valence-corrected chi connectivity index (χ4v) is 2.65. The van der Waals surface area contributed by atoms with Gasteiger partial charge in [0.25, 0.3) is 0 Å². The highest BCUT2D eigenvalue weighted by atomic mass is 16.7. The van der Waals surface area contributed by atoms with E-state index < -0.39 is 12.0 Å². The summed E-state index contributed by atoms with van der Waals surface area (Å²) in [7, 11) is 0. The lowest BCUT2D eigenvalue weighted by Crippen LogP contribution is -2.55. The van der Waals surface area contributed by atoms with E-state index in [1.165, 1.54) is 0 Å². The van der Waals surface area contributed by atoms with Crippen molar-refractivity contribution >= 4 is 11.9 Å². The SMILES string of the molecule is O=C(O)C1CN(C(=O)CCc2ccc3c(c2)OCO3)CCN1. The molecule has 1 amide bonds. The van der Waals surface area contributed by atoms with Gasteiger partial charge in [0.1, 0.15) is 6.04 Å². The van der Waals surface area contributed by atoms with Gasteiger partial charge < -0.3 is 24.8 Å². The van der Waals surface area contributed by atoms with Crippen molar-refractivity contribution in [1.82, 2.24) is 10.2 Å². The van der Waals surface area contributed by atoms with Crippen LogP contribution in [0.1, 0.15) is 12.0 Å². The second kappa shape index (κ2) is 6.23. The van der Waals surface area contributed by atoms with Gasteiger partial charge in [-0.3, -0.25) is 9.59 Å². The number of ether oxygens (including phenoxy) is 2. The Balaban J connectivity index is 1.54. The van der Waals surface area contributed by atoms with Crippen LogP contribution >= 0.6 is 0 Å². The van der Waals surface area contributed by atoms with Crippen molar-refractivity contribution < 1.29 is 24.2 Å². The van der Waals surface area contributed by atoms with Gasteiger partial charge in [-0.2, -0.15) is 0 Å². The van der Waals surface area contributed by atoms with E-state index in [4.69, 9.17) is 14.6 Å². The van der Waals surface area contributed by atoms with Gasteiger partial charge in [-0.25, -0.2) is 0 Å². The van der Waals surface area contributed by atoms with Crippen LogP contribution < -0.4 is 14.8 Å². The number of rotatable bonds is 4. The van der Waals surface area contributed by atoms with E-state index >= 15 is 0 Å². The molecule has 1 saturated heterocycles. The van der Waals surface area contributed by atoms with Crippen LogP contribution in [0.15, 0.2) is 18.2 Å². The van der Waals surface area contributed by atoms with E-state index in [1.54, 1.807) is 4.90 Å². The summed E-state index contributed by atoms with van der Waals surface area (Å²) in [6, 6.07) is 4.96. The third-order valence-electron chi connectivity index (χ3n) is 3.89. The minimum absolute atomic E-state index is 0.0228. The Bertz CT molecular complexity index is 589. The average Bonchev–Trinajstić information content (AvgIpc) is 3.00. The number of aliphatic carboxylic acids is 1. The van der Waals surface area contributed by atoms with Gasteiger partial charge in [0, 0.05) is 26.1 Å². The molecular formula is C15H18N2O5. The topological polar surface area (TPSA) is 88.1 Å². The van der Waals surface area contributed by atoms with Crippen LogP contribution in [0, 0.1) is 0 Å². The molecule has 0 bridgehead atoms. The van der Waals surface area contributed by atoms with Crippen molar-refractivity contribution in [3.63, 3.8) is 0 Å². The lowest BCUT2D eigenvalue weighted by Gasteiger charge is -2.31. The predicted molar refractivity (Wildman–Crippen MR) is 76.9 cm³/mol. The average molecular weight is 306 g/mol. The highest BCUT2D eigenvalue weighted by Crippen LogP contribution is 2.32. The summed E-state index contributed by atoms with van der Waals surface area (Å²) in [5.41, 5.74) is 1.00. The summed E-state index contributed by atoms with van der Waals surface area (Å²) in [6.07, 6.45) is 0.948. The molecule has 0 aromatic heterocycles. The van der Waals surface area contributed by atoms with E-state index in [0.29, 0.717) is 31.7 Å². The summed E-state index contributed by atoms with van der Waals surface area (Å²) >= 11 is 0. The van der Waals surface area contributed by atoms with Gasteiger partial charge in [-0.05, 0) is 24.1 Å². The number of benzene rings is 1. The maximum Gasteiger partial charge on any atom is 0.322 e. The highest BCUT2D eigenvalue weighted by Gasteiger charge is 2.27. The van der Waals surface area contributed by atoms with Crippen molar-refractivity contribution in [3.05, 3.63) is 23.8 Å². The summed E-state index contributed by atoms with van der Waals surface area (Å²) in [6.45, 7) is 1.50. The molecule has 2 N–H and O–H groups in total. The molecule has 1 aromatic carbocycles. The van der Waals surface area contributed by atoms with Crippen molar-refractivity contribution in [2.75, 3.05) is 26.4 Å². The molecule has 0 saturated carbocycles. The minimum atomic E-state index is -0.923. The third-order valence-corrected chi connectivity index (χ3v) is 3.89. The standard InChI is InChI=1S/C15H18N2O5/c18-14(17-6-5-16-11(8-17)15(19)20)4-2-10-1-3-12-13(7-10)22-9-21-12/h1,3,7,11,16H,2,4-6,8-9H2,(H,19,20). The molecular weight excluding hydrogens is 288 g/mol. The Hall–Kier alpha value is -2.28. The summed E-state index contributed by atoms with van der Waals surface area (Å²) in [5.74, 6) is 0.484. The molecule has 2 heterocycles. The lowest BCUT2D eigenvalue weighted by atomic mass is 10.1. The van der Waals surface area contributed by atoms with Crippen molar-refractivity contribution in [3.8, 4) is 11.5 Å². The number of carboxylic acids is 1. The number of nitrogens with zero attached hydrogens (tertiary/aromatic N) is 1. The summed E-state index contributed by atoms with van der Waals surface area (Å²) in [5, 5.41) is 11.9. The number of aryl methyl sites for hydroxylation is 1. The molecule has 2 aliphatic heterocycles. The first-order valence-electron chi connectivity index (χ1n) is 7.26. The van der Waals surface area contributed by atoms with E-state index in [0.717, 1.165) is 11.3 Å². The Morgan fingerprint density at radius 2 is 2.14 bits per heavy atom. The molecule has 0 aliphatic carbocycles. The van der Waals surface area contributed by atoms with Gasteiger partial charge in [-0.15, -0.1) is 0 Å². The maximum atomic E-state index is 12.2. The summed E-state index contributed by atoms with van der Waals surface area (Å²) < 4.78 is 10.6. The van der Waals surface area contributed by atoms with Crippen molar-refractivity contribution in [2.45, 2.75) is 18.9 Å². The van der Waals surface area contributed by atoms with Crippen LogP contribution in [0.2, 0.25) is 0 Å². The molecule has 1 unspecified atom stereocenters. The third kappa shape index (κ3) is 3.14. The minimum Gasteiger partial charge on any atom is -0.480 e. The molecule has 22 heavy (non-hydrogen) atoms. The van der Waals surface area contributed by atoms with E-state index in [2.05, 4.69) is 5.32 Å². The zero-order valence-corrected chi connectivity index (χ0v) is 12.1. The number of amides is 1. The van der Waals surface area contributed by atoms with E-state index in [9.17, 15) is 9.59 Å². The summed E-state index contributed by atoms with van der Waals surface area (Å²) in [4.78, 5) is 24.8. The molecule has 7 heteroatoms. The first-order chi connectivity index (χ1) is 10.6. The first kappa shape index (κ1) is 14.6.